The molecular formula is C58H46N2. The second-order valence-electron chi connectivity index (χ2n) is 16.6. The van der Waals surface area contributed by atoms with Gasteiger partial charge < -0.3 is 9.80 Å². The minimum absolute atomic E-state index is 0.0731. The predicted octanol–water partition coefficient (Wildman–Crippen LogP) is 16.6. The van der Waals surface area contributed by atoms with Gasteiger partial charge in [0, 0.05) is 33.8 Å². The third-order valence-corrected chi connectivity index (χ3v) is 11.8. The van der Waals surface area contributed by atoms with E-state index in [0.717, 1.165) is 39.6 Å². The van der Waals surface area contributed by atoms with E-state index in [1.165, 1.54) is 55.4 Å². The van der Waals surface area contributed by atoms with E-state index in [9.17, 15) is 0 Å². The van der Waals surface area contributed by atoms with E-state index < -0.39 is 0 Å². The van der Waals surface area contributed by atoms with Crippen molar-refractivity contribution in [3.8, 4) is 33.4 Å². The molecule has 288 valence electrons. The molecule has 0 unspecified atom stereocenters. The smallest absolute Gasteiger partial charge is 0.0540 e. The van der Waals surface area contributed by atoms with Gasteiger partial charge in [0.05, 0.1) is 5.69 Å². The molecule has 9 aromatic rings. The largest absolute Gasteiger partial charge is 0.311 e. The van der Waals surface area contributed by atoms with Crippen LogP contribution in [0, 0.1) is 0 Å². The minimum Gasteiger partial charge on any atom is -0.311 e. The number of hydrogen-bond acceptors (Lipinski definition) is 2. The van der Waals surface area contributed by atoms with Gasteiger partial charge in [-0.3, -0.25) is 0 Å². The Morgan fingerprint density at radius 1 is 0.333 bits per heavy atom. The molecule has 0 saturated carbocycles. The molecule has 10 rings (SSSR count). The fourth-order valence-electron chi connectivity index (χ4n) is 8.64. The zero-order chi connectivity index (χ0) is 40.6. The van der Waals surface area contributed by atoms with Crippen LogP contribution >= 0.6 is 0 Å². The molecule has 0 aromatic heterocycles. The highest BCUT2D eigenvalue weighted by molar-refractivity contribution is 6.19. The Morgan fingerprint density at radius 2 is 0.750 bits per heavy atom. The Bertz CT molecular complexity index is 2890. The zero-order valence-electron chi connectivity index (χ0n) is 34.3. The van der Waals surface area contributed by atoms with Crippen molar-refractivity contribution in [2.24, 2.45) is 0 Å². The first-order chi connectivity index (χ1) is 29.4. The van der Waals surface area contributed by atoms with Crippen LogP contribution in [0.3, 0.4) is 0 Å². The maximum absolute atomic E-state index is 2.42. The van der Waals surface area contributed by atoms with Gasteiger partial charge in [0.2, 0.25) is 0 Å². The van der Waals surface area contributed by atoms with Crippen LogP contribution in [0.1, 0.15) is 37.5 Å². The summed E-state index contributed by atoms with van der Waals surface area (Å²) in [4.78, 5) is 4.71. The monoisotopic (exact) mass is 770 g/mol. The van der Waals surface area contributed by atoms with Gasteiger partial charge in [-0.15, -0.1) is 0 Å². The molecule has 1 aliphatic rings. The van der Waals surface area contributed by atoms with Crippen molar-refractivity contribution in [1.82, 2.24) is 0 Å². The highest BCUT2D eigenvalue weighted by Gasteiger charge is 2.25. The average molecular weight is 771 g/mol. The van der Waals surface area contributed by atoms with E-state index in [0.29, 0.717) is 0 Å². The summed E-state index contributed by atoms with van der Waals surface area (Å²) in [6.07, 6.45) is 4.37. The van der Waals surface area contributed by atoms with Crippen LogP contribution in [0.15, 0.2) is 212 Å². The van der Waals surface area contributed by atoms with Crippen molar-refractivity contribution in [2.45, 2.75) is 26.2 Å². The average Bonchev–Trinajstić information content (AvgIpc) is 3.62. The summed E-state index contributed by atoms with van der Waals surface area (Å²) in [5, 5.41) is 2.58. The number of rotatable bonds is 9. The molecule has 0 heterocycles. The van der Waals surface area contributed by atoms with Gasteiger partial charge in [0.15, 0.2) is 0 Å². The third kappa shape index (κ3) is 6.97. The lowest BCUT2D eigenvalue weighted by molar-refractivity contribution is 0.590. The van der Waals surface area contributed by atoms with Crippen LogP contribution in [0.5, 0.6) is 0 Å². The Kier molecular flexibility index (Phi) is 9.47. The van der Waals surface area contributed by atoms with Crippen LogP contribution < -0.4 is 9.80 Å². The maximum Gasteiger partial charge on any atom is 0.0540 e. The lowest BCUT2D eigenvalue weighted by Gasteiger charge is -2.28. The molecular weight excluding hydrogens is 725 g/mol. The van der Waals surface area contributed by atoms with Gasteiger partial charge >= 0.3 is 0 Å². The zero-order valence-corrected chi connectivity index (χ0v) is 34.3. The van der Waals surface area contributed by atoms with Gasteiger partial charge in [-0.25, -0.2) is 0 Å². The number of hydrogen-bond donors (Lipinski definition) is 0. The summed E-state index contributed by atoms with van der Waals surface area (Å²) in [7, 11) is 0. The molecule has 0 fully saturated rings. The molecule has 60 heavy (non-hydrogen) atoms. The summed E-state index contributed by atoms with van der Waals surface area (Å²) >= 11 is 0. The van der Waals surface area contributed by atoms with Crippen molar-refractivity contribution in [1.29, 1.82) is 0 Å². The SMILES string of the molecule is CC(C)(C)c1ccc(N(c2ccc(-c3ccc(C=Cc4ccc(N(c5ccccc5)c5ccccc5)cc4)cc3)cc2)c2ccc3c4c(cccc24)-c2ccccc2-3)cc1. The first-order valence-corrected chi connectivity index (χ1v) is 20.8. The van der Waals surface area contributed by atoms with E-state index in [4.69, 9.17) is 0 Å². The molecule has 0 aliphatic heterocycles. The Balaban J connectivity index is 0.920. The van der Waals surface area contributed by atoms with Crippen molar-refractivity contribution in [3.05, 3.63) is 229 Å². The highest BCUT2D eigenvalue weighted by Crippen LogP contribution is 2.51. The van der Waals surface area contributed by atoms with E-state index in [-0.39, 0.29) is 5.41 Å². The summed E-state index contributed by atoms with van der Waals surface area (Å²) in [5.41, 5.74) is 18.2. The van der Waals surface area contributed by atoms with E-state index in [1.54, 1.807) is 0 Å². The second kappa shape index (κ2) is 15.4. The van der Waals surface area contributed by atoms with Crippen LogP contribution in [0.2, 0.25) is 0 Å². The summed E-state index contributed by atoms with van der Waals surface area (Å²) in [5.74, 6) is 0. The van der Waals surface area contributed by atoms with E-state index in [1.807, 2.05) is 0 Å². The first kappa shape index (κ1) is 36.9. The van der Waals surface area contributed by atoms with Crippen molar-refractivity contribution < 1.29 is 0 Å². The Morgan fingerprint density at radius 3 is 1.30 bits per heavy atom. The van der Waals surface area contributed by atoms with Crippen molar-refractivity contribution >= 4 is 57.0 Å². The van der Waals surface area contributed by atoms with Crippen molar-refractivity contribution in [2.75, 3.05) is 9.80 Å². The summed E-state index contributed by atoms with van der Waals surface area (Å²) < 4.78 is 0. The normalized spacial score (nSPS) is 11.8. The lowest BCUT2D eigenvalue weighted by Crippen LogP contribution is -2.13. The minimum atomic E-state index is 0.0731. The molecule has 0 atom stereocenters. The Labute approximate surface area is 354 Å². The van der Waals surface area contributed by atoms with Crippen LogP contribution in [0.25, 0.3) is 56.3 Å². The molecule has 0 amide bonds. The first-order valence-electron chi connectivity index (χ1n) is 20.8. The molecule has 0 radical (unpaired) electrons. The topological polar surface area (TPSA) is 6.48 Å². The van der Waals surface area contributed by atoms with E-state index in [2.05, 4.69) is 255 Å². The fourth-order valence-corrected chi connectivity index (χ4v) is 8.64. The van der Waals surface area contributed by atoms with E-state index >= 15 is 0 Å². The quantitative estimate of drug-likeness (QED) is 0.135. The number of benzene rings is 9. The van der Waals surface area contributed by atoms with Gasteiger partial charge in [0.25, 0.3) is 0 Å². The third-order valence-electron chi connectivity index (χ3n) is 11.8. The molecule has 9 aromatic carbocycles. The van der Waals surface area contributed by atoms with Crippen LogP contribution in [0.4, 0.5) is 34.1 Å². The fraction of sp³-hybridized carbons (Fsp3) is 0.0690. The Hall–Kier alpha value is -7.42. The standard InChI is InChI=1S/C58H46N2/c1-58(2,3)45-31-37-50(38-32-45)60(56-40-39-54-52-18-11-10-17-51(52)53-19-12-20-55(56)57(53)54)49-35-29-44(30-36-49)43-27-23-41(24-28-43)21-22-42-25-33-48(34-26-42)59(46-13-6-4-7-14-46)47-15-8-5-9-16-47/h4-40H,1-3H3. The predicted molar refractivity (Wildman–Crippen MR) is 257 cm³/mol. The molecule has 0 N–H and O–H groups in total. The lowest BCUT2D eigenvalue weighted by atomic mass is 9.87. The van der Waals surface area contributed by atoms with Gasteiger partial charge in [-0.2, -0.15) is 0 Å². The van der Waals surface area contributed by atoms with Gasteiger partial charge in [-0.05, 0) is 128 Å². The van der Waals surface area contributed by atoms with Crippen LogP contribution in [-0.2, 0) is 5.41 Å². The van der Waals surface area contributed by atoms with Crippen LogP contribution in [-0.4, -0.2) is 0 Å². The molecule has 0 spiro atoms. The summed E-state index contributed by atoms with van der Waals surface area (Å²) in [6, 6.07) is 77.0. The molecule has 0 saturated heterocycles. The molecule has 2 heteroatoms. The number of nitrogens with zero attached hydrogens (tertiary/aromatic N) is 2. The van der Waals surface area contributed by atoms with Crippen molar-refractivity contribution in [3.63, 3.8) is 0 Å². The second-order valence-corrected chi connectivity index (χ2v) is 16.6. The molecule has 0 bridgehead atoms. The molecule has 2 nitrogen and oxygen atoms in total. The maximum atomic E-state index is 2.42. The van der Waals surface area contributed by atoms with Gasteiger partial charge in [-0.1, -0.05) is 179 Å². The number of anilines is 6. The highest BCUT2D eigenvalue weighted by atomic mass is 15.1. The number of para-hydroxylation sites is 2. The molecule has 1 aliphatic carbocycles. The van der Waals surface area contributed by atoms with Gasteiger partial charge in [0.1, 0.15) is 0 Å². The number of fused-ring (bicyclic) bond motifs is 3. The summed E-state index contributed by atoms with van der Waals surface area (Å²) in [6.45, 7) is 6.81.